The van der Waals surface area contributed by atoms with Crippen molar-refractivity contribution >= 4 is 40.4 Å². The van der Waals surface area contributed by atoms with Gasteiger partial charge in [0.2, 0.25) is 0 Å². The Hall–Kier alpha value is -1.85. The zero-order valence-corrected chi connectivity index (χ0v) is 16.6. The van der Waals surface area contributed by atoms with Gasteiger partial charge in [-0.15, -0.1) is 0 Å². The molecule has 0 aliphatic carbocycles. The van der Waals surface area contributed by atoms with E-state index in [0.717, 1.165) is 46.9 Å². The number of nitrogens with one attached hydrogen (secondary N) is 2. The van der Waals surface area contributed by atoms with E-state index in [-0.39, 0.29) is 0 Å². The number of anilines is 2. The second-order valence-electron chi connectivity index (χ2n) is 5.91. The van der Waals surface area contributed by atoms with Crippen LogP contribution in [0.3, 0.4) is 0 Å². The van der Waals surface area contributed by atoms with Crippen molar-refractivity contribution in [3.63, 3.8) is 0 Å². The van der Waals surface area contributed by atoms with Crippen LogP contribution in [-0.2, 0) is 0 Å². The first kappa shape index (κ1) is 19.5. The molecule has 6 heteroatoms. The molecule has 25 heavy (non-hydrogen) atoms. The van der Waals surface area contributed by atoms with E-state index in [1.54, 1.807) is 0 Å². The zero-order valence-electron chi connectivity index (χ0n) is 15.1. The molecule has 134 valence electrons. The van der Waals surface area contributed by atoms with Crippen LogP contribution < -0.4 is 15.4 Å². The second kappa shape index (κ2) is 9.02. The van der Waals surface area contributed by atoms with Crippen LogP contribution in [0.1, 0.15) is 36.6 Å². The van der Waals surface area contributed by atoms with E-state index < -0.39 is 0 Å². The van der Waals surface area contributed by atoms with Gasteiger partial charge in [-0.25, -0.2) is 4.98 Å². The predicted molar refractivity (Wildman–Crippen MR) is 110 cm³/mol. The number of unbranched alkanes of at least 4 members (excludes halogenated alkanes) is 1. The molecule has 0 unspecified atom stereocenters. The molecule has 2 aromatic rings. The van der Waals surface area contributed by atoms with E-state index in [1.165, 1.54) is 0 Å². The Morgan fingerprint density at radius 2 is 1.80 bits per heavy atom. The van der Waals surface area contributed by atoms with Crippen LogP contribution >= 0.6 is 23.8 Å². The van der Waals surface area contributed by atoms with Crippen LogP contribution in [0, 0.1) is 20.8 Å². The topological polar surface area (TPSA) is 46.2 Å². The molecule has 2 N–H and O–H groups in total. The fraction of sp³-hybridized carbons (Fsp3) is 0.368. The van der Waals surface area contributed by atoms with Gasteiger partial charge in [0.25, 0.3) is 0 Å². The Morgan fingerprint density at radius 1 is 1.12 bits per heavy atom. The summed E-state index contributed by atoms with van der Waals surface area (Å²) in [6.07, 6.45) is 2.14. The van der Waals surface area contributed by atoms with E-state index in [2.05, 4.69) is 22.5 Å². The van der Waals surface area contributed by atoms with Crippen LogP contribution in [0.5, 0.6) is 5.75 Å². The summed E-state index contributed by atoms with van der Waals surface area (Å²) in [6, 6.07) is 7.37. The number of aryl methyl sites for hydroxylation is 1. The summed E-state index contributed by atoms with van der Waals surface area (Å²) in [5.41, 5.74) is 3.83. The smallest absolute Gasteiger partial charge is 0.176 e. The van der Waals surface area contributed by atoms with Crippen molar-refractivity contribution in [3.05, 3.63) is 46.1 Å². The Balaban J connectivity index is 2.11. The highest BCUT2D eigenvalue weighted by molar-refractivity contribution is 7.80. The van der Waals surface area contributed by atoms with Crippen molar-refractivity contribution in [2.24, 2.45) is 0 Å². The molecule has 0 atom stereocenters. The number of halogens is 1. The van der Waals surface area contributed by atoms with Crippen molar-refractivity contribution in [3.8, 4) is 5.75 Å². The molecular formula is C19H24ClN3OS. The lowest BCUT2D eigenvalue weighted by atomic mass is 10.1. The van der Waals surface area contributed by atoms with Gasteiger partial charge in [-0.3, -0.25) is 0 Å². The summed E-state index contributed by atoms with van der Waals surface area (Å²) in [4.78, 5) is 4.62. The Kier molecular flexibility index (Phi) is 7.02. The summed E-state index contributed by atoms with van der Waals surface area (Å²) in [5.74, 6) is 1.61. The number of rotatable bonds is 6. The minimum Gasteiger partial charge on any atom is -0.491 e. The average Bonchev–Trinajstić information content (AvgIpc) is 2.57. The van der Waals surface area contributed by atoms with Crippen LogP contribution in [-0.4, -0.2) is 16.7 Å². The SMILES string of the molecule is CCCCOc1c(C)nc(NC(=S)Nc2ccc(Cl)cc2)c(C)c1C. The normalized spacial score (nSPS) is 10.4. The number of nitrogens with zero attached hydrogens (tertiary/aromatic N) is 1. The van der Waals surface area contributed by atoms with Crippen molar-refractivity contribution in [2.75, 3.05) is 17.2 Å². The van der Waals surface area contributed by atoms with Gasteiger partial charge >= 0.3 is 0 Å². The van der Waals surface area contributed by atoms with Gasteiger partial charge in [0.15, 0.2) is 5.11 Å². The van der Waals surface area contributed by atoms with Crippen molar-refractivity contribution in [2.45, 2.75) is 40.5 Å². The molecule has 1 aromatic heterocycles. The monoisotopic (exact) mass is 377 g/mol. The number of pyridine rings is 1. The first-order valence-corrected chi connectivity index (χ1v) is 9.15. The summed E-state index contributed by atoms with van der Waals surface area (Å²) < 4.78 is 5.90. The predicted octanol–water partition coefficient (Wildman–Crippen LogP) is 5.65. The number of aromatic nitrogens is 1. The van der Waals surface area contributed by atoms with Gasteiger partial charge in [0.05, 0.1) is 12.3 Å². The third-order valence-electron chi connectivity index (χ3n) is 3.94. The maximum Gasteiger partial charge on any atom is 0.176 e. The van der Waals surface area contributed by atoms with Crippen molar-refractivity contribution < 1.29 is 4.74 Å². The first-order chi connectivity index (χ1) is 11.9. The third kappa shape index (κ3) is 5.31. The molecule has 0 amide bonds. The van der Waals surface area contributed by atoms with Crippen LogP contribution in [0.4, 0.5) is 11.5 Å². The first-order valence-electron chi connectivity index (χ1n) is 8.36. The molecule has 0 aliphatic heterocycles. The van der Waals surface area contributed by atoms with Gasteiger partial charge in [0.1, 0.15) is 11.6 Å². The fourth-order valence-electron chi connectivity index (χ4n) is 2.38. The summed E-state index contributed by atoms with van der Waals surface area (Å²) in [6.45, 7) is 8.87. The number of benzene rings is 1. The van der Waals surface area contributed by atoms with E-state index >= 15 is 0 Å². The zero-order chi connectivity index (χ0) is 18.4. The maximum absolute atomic E-state index is 5.90. The molecule has 2 rings (SSSR count). The standard InChI is InChI=1S/C19H24ClN3OS/c1-5-6-11-24-17-12(2)13(3)18(21-14(17)4)23-19(25)22-16-9-7-15(20)8-10-16/h7-10H,5-6,11H2,1-4H3,(H2,21,22,23,25). The maximum atomic E-state index is 5.90. The molecule has 0 bridgehead atoms. The quantitative estimate of drug-likeness (QED) is 0.503. The van der Waals surface area contributed by atoms with Gasteiger partial charge in [0, 0.05) is 10.7 Å². The molecule has 0 fully saturated rings. The molecule has 0 aliphatic rings. The largest absolute Gasteiger partial charge is 0.491 e. The Labute approximate surface area is 160 Å². The van der Waals surface area contributed by atoms with E-state index in [1.807, 2.05) is 45.0 Å². The molecule has 0 radical (unpaired) electrons. The van der Waals surface area contributed by atoms with E-state index in [4.69, 9.17) is 28.6 Å². The lowest BCUT2D eigenvalue weighted by Gasteiger charge is -2.18. The van der Waals surface area contributed by atoms with Gasteiger partial charge in [-0.05, 0) is 74.8 Å². The van der Waals surface area contributed by atoms with Crippen molar-refractivity contribution in [1.29, 1.82) is 0 Å². The van der Waals surface area contributed by atoms with E-state index in [0.29, 0.717) is 16.7 Å². The van der Waals surface area contributed by atoms with Gasteiger partial charge in [-0.2, -0.15) is 0 Å². The molecule has 0 spiro atoms. The number of hydrogen-bond donors (Lipinski definition) is 2. The lowest BCUT2D eigenvalue weighted by molar-refractivity contribution is 0.303. The summed E-state index contributed by atoms with van der Waals surface area (Å²) in [7, 11) is 0. The molecule has 1 aromatic carbocycles. The third-order valence-corrected chi connectivity index (χ3v) is 4.40. The highest BCUT2D eigenvalue weighted by Gasteiger charge is 2.14. The number of thiocarbonyl (C=S) groups is 1. The highest BCUT2D eigenvalue weighted by atomic mass is 35.5. The Morgan fingerprint density at radius 3 is 2.44 bits per heavy atom. The molecule has 4 nitrogen and oxygen atoms in total. The second-order valence-corrected chi connectivity index (χ2v) is 6.76. The minimum absolute atomic E-state index is 0.483. The minimum atomic E-state index is 0.483. The van der Waals surface area contributed by atoms with E-state index in [9.17, 15) is 0 Å². The van der Waals surface area contributed by atoms with Crippen LogP contribution in [0.2, 0.25) is 5.02 Å². The molecular weight excluding hydrogens is 354 g/mol. The van der Waals surface area contributed by atoms with Crippen molar-refractivity contribution in [1.82, 2.24) is 4.98 Å². The van der Waals surface area contributed by atoms with Gasteiger partial charge in [-0.1, -0.05) is 24.9 Å². The van der Waals surface area contributed by atoms with Gasteiger partial charge < -0.3 is 15.4 Å². The highest BCUT2D eigenvalue weighted by Crippen LogP contribution is 2.29. The number of hydrogen-bond acceptors (Lipinski definition) is 3. The lowest BCUT2D eigenvalue weighted by Crippen LogP contribution is -2.21. The molecule has 1 heterocycles. The van der Waals surface area contributed by atoms with Crippen LogP contribution in [0.25, 0.3) is 0 Å². The summed E-state index contributed by atoms with van der Waals surface area (Å²) >= 11 is 11.3. The van der Waals surface area contributed by atoms with Crippen LogP contribution in [0.15, 0.2) is 24.3 Å². The number of ether oxygens (including phenoxy) is 1. The molecule has 0 saturated carbocycles. The summed E-state index contributed by atoms with van der Waals surface area (Å²) in [5, 5.41) is 7.47. The Bertz CT molecular complexity index is 747. The fourth-order valence-corrected chi connectivity index (χ4v) is 2.72. The average molecular weight is 378 g/mol. The molecule has 0 saturated heterocycles.